The molecule has 1 aliphatic rings. The minimum atomic E-state index is -0.611. The van der Waals surface area contributed by atoms with Crippen molar-refractivity contribution in [1.82, 2.24) is 0 Å². The third kappa shape index (κ3) is 2.40. The number of hydrogen-bond acceptors (Lipinski definition) is 4. The molecule has 2 atom stereocenters. The molecule has 1 aromatic rings. The summed E-state index contributed by atoms with van der Waals surface area (Å²) in [4.78, 5) is 10.3. The Bertz CT molecular complexity index is 505. The molecule has 1 aliphatic carbocycles. The van der Waals surface area contributed by atoms with Crippen molar-refractivity contribution in [2.24, 2.45) is 5.41 Å². The fourth-order valence-corrected chi connectivity index (χ4v) is 2.50. The normalized spacial score (nSPS) is 24.6. The summed E-state index contributed by atoms with van der Waals surface area (Å²) in [7, 11) is 1.66. The monoisotopic (exact) mass is 268 g/mol. The molecule has 19 heavy (non-hydrogen) atoms. The van der Waals surface area contributed by atoms with Gasteiger partial charge in [0.1, 0.15) is 11.5 Å². The predicted molar refractivity (Wildman–Crippen MR) is 69.7 cm³/mol. The van der Waals surface area contributed by atoms with Crippen molar-refractivity contribution in [3.05, 3.63) is 34.1 Å². The molecule has 0 spiro atoms. The molecular formula is C13H17FN2O3. The lowest BCUT2D eigenvalue weighted by atomic mass is 9.64. The largest absolute Gasteiger partial charge is 0.381 e. The Morgan fingerprint density at radius 1 is 1.53 bits per heavy atom. The SMILES string of the molecule is COC1CC(Nc2ccc(F)cc2[N+](=O)[O-])C1(C)C. The van der Waals surface area contributed by atoms with Gasteiger partial charge in [0.25, 0.3) is 5.69 Å². The Morgan fingerprint density at radius 3 is 2.74 bits per heavy atom. The quantitative estimate of drug-likeness (QED) is 0.673. The summed E-state index contributed by atoms with van der Waals surface area (Å²) in [5, 5.41) is 14.0. The van der Waals surface area contributed by atoms with Gasteiger partial charge in [0.15, 0.2) is 0 Å². The first-order valence-electron chi connectivity index (χ1n) is 6.09. The molecule has 0 aromatic heterocycles. The van der Waals surface area contributed by atoms with E-state index >= 15 is 0 Å². The van der Waals surface area contributed by atoms with Crippen LogP contribution in [0.4, 0.5) is 15.8 Å². The Hall–Kier alpha value is -1.69. The summed E-state index contributed by atoms with van der Waals surface area (Å²) in [5.74, 6) is -0.611. The zero-order valence-corrected chi connectivity index (χ0v) is 11.1. The molecule has 5 nitrogen and oxygen atoms in total. The maximum absolute atomic E-state index is 13.1. The van der Waals surface area contributed by atoms with Crippen LogP contribution >= 0.6 is 0 Å². The van der Waals surface area contributed by atoms with E-state index in [1.54, 1.807) is 7.11 Å². The molecule has 2 unspecified atom stereocenters. The molecule has 2 rings (SSSR count). The van der Waals surface area contributed by atoms with E-state index in [4.69, 9.17) is 4.74 Å². The van der Waals surface area contributed by atoms with Crippen LogP contribution in [0.2, 0.25) is 0 Å². The highest BCUT2D eigenvalue weighted by Crippen LogP contribution is 2.44. The highest BCUT2D eigenvalue weighted by Gasteiger charge is 2.49. The van der Waals surface area contributed by atoms with Crippen LogP contribution in [-0.4, -0.2) is 24.2 Å². The third-order valence-corrected chi connectivity index (χ3v) is 3.95. The lowest BCUT2D eigenvalue weighted by Crippen LogP contribution is -2.57. The van der Waals surface area contributed by atoms with Crippen LogP contribution in [0.5, 0.6) is 0 Å². The second-order valence-electron chi connectivity index (χ2n) is 5.40. The molecular weight excluding hydrogens is 251 g/mol. The fourth-order valence-electron chi connectivity index (χ4n) is 2.50. The first-order chi connectivity index (χ1) is 8.86. The van der Waals surface area contributed by atoms with Crippen LogP contribution in [0, 0.1) is 21.3 Å². The van der Waals surface area contributed by atoms with E-state index in [-0.39, 0.29) is 23.2 Å². The summed E-state index contributed by atoms with van der Waals surface area (Å²) in [6.07, 6.45) is 0.905. The van der Waals surface area contributed by atoms with Crippen molar-refractivity contribution in [2.45, 2.75) is 32.4 Å². The summed E-state index contributed by atoms with van der Waals surface area (Å²) in [6, 6.07) is 3.63. The van der Waals surface area contributed by atoms with Crippen molar-refractivity contribution in [2.75, 3.05) is 12.4 Å². The molecule has 6 heteroatoms. The standard InChI is InChI=1S/C13H17FN2O3/c1-13(2)11(7-12(13)19-3)15-9-5-4-8(14)6-10(9)16(17)18/h4-6,11-12,15H,7H2,1-3H3. The third-order valence-electron chi connectivity index (χ3n) is 3.95. The van der Waals surface area contributed by atoms with Crippen molar-refractivity contribution in [3.63, 3.8) is 0 Å². The van der Waals surface area contributed by atoms with Gasteiger partial charge in [-0.1, -0.05) is 13.8 Å². The number of halogens is 1. The van der Waals surface area contributed by atoms with Gasteiger partial charge in [-0.15, -0.1) is 0 Å². The van der Waals surface area contributed by atoms with E-state index in [0.29, 0.717) is 5.69 Å². The van der Waals surface area contributed by atoms with Gasteiger partial charge >= 0.3 is 0 Å². The maximum atomic E-state index is 13.1. The Labute approximate surface area is 110 Å². The summed E-state index contributed by atoms with van der Waals surface area (Å²) < 4.78 is 18.4. The van der Waals surface area contributed by atoms with Gasteiger partial charge in [0, 0.05) is 18.6 Å². The fraction of sp³-hybridized carbons (Fsp3) is 0.538. The zero-order valence-electron chi connectivity index (χ0n) is 11.1. The predicted octanol–water partition coefficient (Wildman–Crippen LogP) is 2.96. The average molecular weight is 268 g/mol. The topological polar surface area (TPSA) is 64.4 Å². The van der Waals surface area contributed by atoms with Crippen molar-refractivity contribution < 1.29 is 14.1 Å². The lowest BCUT2D eigenvalue weighted by Gasteiger charge is -2.51. The number of anilines is 1. The number of nitrogens with zero attached hydrogens (tertiary/aromatic N) is 1. The van der Waals surface area contributed by atoms with E-state index in [1.807, 2.05) is 13.8 Å². The van der Waals surface area contributed by atoms with Crippen LogP contribution in [0.25, 0.3) is 0 Å². The van der Waals surface area contributed by atoms with Gasteiger partial charge < -0.3 is 10.1 Å². The number of hydrogen-bond donors (Lipinski definition) is 1. The second-order valence-corrected chi connectivity index (χ2v) is 5.40. The molecule has 1 N–H and O–H groups in total. The summed E-state index contributed by atoms with van der Waals surface area (Å²) >= 11 is 0. The number of nitro benzene ring substituents is 1. The number of rotatable bonds is 4. The van der Waals surface area contributed by atoms with Gasteiger partial charge in [-0.05, 0) is 18.6 Å². The summed E-state index contributed by atoms with van der Waals surface area (Å²) in [5.41, 5.74) is -0.00696. The highest BCUT2D eigenvalue weighted by molar-refractivity contribution is 5.62. The van der Waals surface area contributed by atoms with Gasteiger partial charge in [0.05, 0.1) is 17.1 Å². The molecule has 0 aliphatic heterocycles. The molecule has 1 saturated carbocycles. The second kappa shape index (κ2) is 4.77. The Balaban J connectivity index is 2.19. The first-order valence-corrected chi connectivity index (χ1v) is 6.09. The Kier molecular flexibility index (Phi) is 3.45. The van der Waals surface area contributed by atoms with Crippen LogP contribution in [0.1, 0.15) is 20.3 Å². The lowest BCUT2D eigenvalue weighted by molar-refractivity contribution is -0.384. The number of methoxy groups -OCH3 is 1. The number of nitrogens with one attached hydrogen (secondary N) is 1. The van der Waals surface area contributed by atoms with Crippen LogP contribution < -0.4 is 5.32 Å². The van der Waals surface area contributed by atoms with Gasteiger partial charge in [-0.2, -0.15) is 0 Å². The highest BCUT2D eigenvalue weighted by atomic mass is 19.1. The smallest absolute Gasteiger partial charge is 0.295 e. The van der Waals surface area contributed by atoms with E-state index in [9.17, 15) is 14.5 Å². The van der Waals surface area contributed by atoms with Crippen LogP contribution in [0.15, 0.2) is 18.2 Å². The minimum Gasteiger partial charge on any atom is -0.381 e. The van der Waals surface area contributed by atoms with E-state index < -0.39 is 10.7 Å². The van der Waals surface area contributed by atoms with Crippen molar-refractivity contribution in [1.29, 1.82) is 0 Å². The van der Waals surface area contributed by atoms with Crippen LogP contribution in [-0.2, 0) is 4.74 Å². The van der Waals surface area contributed by atoms with Gasteiger partial charge in [-0.25, -0.2) is 4.39 Å². The number of nitro groups is 1. The van der Waals surface area contributed by atoms with Crippen molar-refractivity contribution in [3.8, 4) is 0 Å². The summed E-state index contributed by atoms with van der Waals surface area (Å²) in [6.45, 7) is 4.08. The first kappa shape index (κ1) is 13.7. The van der Waals surface area contributed by atoms with E-state index in [0.717, 1.165) is 12.5 Å². The molecule has 1 aromatic carbocycles. The van der Waals surface area contributed by atoms with E-state index in [2.05, 4.69) is 5.32 Å². The molecule has 104 valence electrons. The Morgan fingerprint density at radius 2 is 2.21 bits per heavy atom. The minimum absolute atomic E-state index is 0.0709. The maximum Gasteiger partial charge on any atom is 0.295 e. The molecule has 0 bridgehead atoms. The number of ether oxygens (including phenoxy) is 1. The molecule has 0 saturated heterocycles. The van der Waals surface area contributed by atoms with Gasteiger partial charge in [-0.3, -0.25) is 10.1 Å². The van der Waals surface area contributed by atoms with Crippen LogP contribution in [0.3, 0.4) is 0 Å². The molecule has 0 radical (unpaired) electrons. The van der Waals surface area contributed by atoms with Gasteiger partial charge in [0.2, 0.25) is 0 Å². The zero-order chi connectivity index (χ0) is 14.2. The molecule has 1 fully saturated rings. The van der Waals surface area contributed by atoms with Crippen molar-refractivity contribution >= 4 is 11.4 Å². The number of benzene rings is 1. The molecule has 0 heterocycles. The van der Waals surface area contributed by atoms with E-state index in [1.165, 1.54) is 12.1 Å². The molecule has 0 amide bonds. The average Bonchev–Trinajstić information content (AvgIpc) is 2.35.